The van der Waals surface area contributed by atoms with Crippen LogP contribution in [0.5, 0.6) is 0 Å². The Balaban J connectivity index is 0.00000100. The van der Waals surface area contributed by atoms with E-state index in [0.29, 0.717) is 12.3 Å². The van der Waals surface area contributed by atoms with E-state index < -0.39 is 0 Å². The number of esters is 1. The molecule has 3 rings (SSSR count). The van der Waals surface area contributed by atoms with Crippen LogP contribution >= 0.6 is 11.8 Å². The van der Waals surface area contributed by atoms with Crippen molar-refractivity contribution in [2.24, 2.45) is 7.05 Å². The van der Waals surface area contributed by atoms with Gasteiger partial charge in [0.25, 0.3) is 0 Å². The smallest absolute Gasteiger partial charge is 0.359 e. The number of thioether (sulfide) groups is 1. The van der Waals surface area contributed by atoms with Crippen LogP contribution in [0.25, 0.3) is 11.4 Å². The number of ether oxygens (including phenoxy) is 1. The van der Waals surface area contributed by atoms with Crippen molar-refractivity contribution >= 4 is 17.7 Å². The Morgan fingerprint density at radius 2 is 2.12 bits per heavy atom. The van der Waals surface area contributed by atoms with E-state index in [4.69, 9.17) is 4.74 Å². The van der Waals surface area contributed by atoms with Crippen LogP contribution in [-0.4, -0.2) is 38.6 Å². The van der Waals surface area contributed by atoms with Crippen LogP contribution in [0, 0.1) is 0 Å². The Morgan fingerprint density at radius 1 is 1.38 bits per heavy atom. The lowest BCUT2D eigenvalue weighted by atomic mass is 10.1. The zero-order chi connectivity index (χ0) is 17.7. The zero-order valence-electron chi connectivity index (χ0n) is 14.9. The molecule has 6 nitrogen and oxygen atoms in total. The van der Waals surface area contributed by atoms with E-state index in [0.717, 1.165) is 46.9 Å². The molecule has 1 aliphatic carbocycles. The van der Waals surface area contributed by atoms with Crippen LogP contribution < -0.4 is 0 Å². The third-order valence-electron chi connectivity index (χ3n) is 3.74. The number of nitrogens with zero attached hydrogens (tertiary/aromatic N) is 4. The van der Waals surface area contributed by atoms with Crippen LogP contribution in [0.1, 0.15) is 48.8 Å². The summed E-state index contributed by atoms with van der Waals surface area (Å²) in [6, 6.07) is 0. The van der Waals surface area contributed by atoms with Crippen LogP contribution in [0.2, 0.25) is 0 Å². The molecule has 2 aromatic rings. The first-order valence-electron chi connectivity index (χ1n) is 8.29. The van der Waals surface area contributed by atoms with Crippen molar-refractivity contribution in [3.8, 4) is 11.4 Å². The summed E-state index contributed by atoms with van der Waals surface area (Å²) in [5, 5.41) is 5.11. The number of carbonyl (C=O) groups is 1. The molecule has 0 fully saturated rings. The fourth-order valence-corrected chi connectivity index (χ4v) is 3.14. The largest absolute Gasteiger partial charge is 0.461 e. The maximum Gasteiger partial charge on any atom is 0.359 e. The number of fused-ring (bicyclic) bond motifs is 3. The second kappa shape index (κ2) is 8.28. The molecule has 1 aliphatic rings. The Morgan fingerprint density at radius 3 is 2.79 bits per heavy atom. The number of aromatic nitrogens is 4. The molecule has 130 valence electrons. The second-order valence-electron chi connectivity index (χ2n) is 5.10. The Kier molecular flexibility index (Phi) is 6.36. The molecule has 0 aromatic carbocycles. The van der Waals surface area contributed by atoms with E-state index in [-0.39, 0.29) is 5.97 Å². The average Bonchev–Trinajstić information content (AvgIpc) is 2.82. The fourth-order valence-electron chi connectivity index (χ4n) is 2.80. The van der Waals surface area contributed by atoms with Gasteiger partial charge < -0.3 is 4.74 Å². The Hall–Kier alpha value is -1.89. The lowest BCUT2D eigenvalue weighted by Gasteiger charge is -2.07. The molecule has 0 radical (unpaired) electrons. The van der Waals surface area contributed by atoms with E-state index in [2.05, 4.69) is 15.1 Å². The fraction of sp³-hybridized carbons (Fsp3) is 0.529. The standard InChI is InChI=1S/C15H18N4O2S.C2H6/c1-4-21-14(20)12-10-7-5-6-9-8-16-15(22-3)17-11(9)13(10)19(2)18-12;1-2/h8H,4-7H2,1-3H3;1-2H3. The molecule has 0 amide bonds. The van der Waals surface area contributed by atoms with E-state index >= 15 is 0 Å². The molecule has 0 saturated heterocycles. The molecule has 24 heavy (non-hydrogen) atoms. The lowest BCUT2D eigenvalue weighted by molar-refractivity contribution is 0.0517. The molecule has 2 aromatic heterocycles. The van der Waals surface area contributed by atoms with Gasteiger partial charge in [-0.1, -0.05) is 25.6 Å². The molecule has 0 unspecified atom stereocenters. The maximum atomic E-state index is 12.1. The topological polar surface area (TPSA) is 69.9 Å². The predicted octanol–water partition coefficient (Wildman–Crippen LogP) is 3.29. The molecular weight excluding hydrogens is 324 g/mol. The summed E-state index contributed by atoms with van der Waals surface area (Å²) >= 11 is 1.51. The van der Waals surface area contributed by atoms with Gasteiger partial charge in [-0.3, -0.25) is 4.68 Å². The molecule has 0 spiro atoms. The van der Waals surface area contributed by atoms with Gasteiger partial charge in [-0.15, -0.1) is 0 Å². The summed E-state index contributed by atoms with van der Waals surface area (Å²) in [4.78, 5) is 21.2. The first-order chi connectivity index (χ1) is 11.7. The van der Waals surface area contributed by atoms with Crippen LogP contribution in [0.15, 0.2) is 11.4 Å². The third-order valence-corrected chi connectivity index (χ3v) is 4.30. The minimum atomic E-state index is -0.359. The van der Waals surface area contributed by atoms with Crippen molar-refractivity contribution in [3.63, 3.8) is 0 Å². The van der Waals surface area contributed by atoms with Crippen molar-refractivity contribution in [1.82, 2.24) is 19.7 Å². The Labute approximate surface area is 147 Å². The zero-order valence-corrected chi connectivity index (χ0v) is 15.7. The summed E-state index contributed by atoms with van der Waals surface area (Å²) < 4.78 is 6.87. The van der Waals surface area contributed by atoms with Crippen molar-refractivity contribution < 1.29 is 9.53 Å². The SMILES string of the molecule is CC.CCOC(=O)c1nn(C)c2c1CCCc1cnc(SC)nc1-2. The summed E-state index contributed by atoms with van der Waals surface area (Å²) in [7, 11) is 1.84. The number of aryl methyl sites for hydroxylation is 2. The minimum Gasteiger partial charge on any atom is -0.461 e. The van der Waals surface area contributed by atoms with E-state index in [9.17, 15) is 4.79 Å². The maximum absolute atomic E-state index is 12.1. The van der Waals surface area contributed by atoms with Crippen LogP contribution in [-0.2, 0) is 24.6 Å². The summed E-state index contributed by atoms with van der Waals surface area (Å²) in [6.07, 6.45) is 6.48. The lowest BCUT2D eigenvalue weighted by Crippen LogP contribution is -2.08. The molecule has 0 saturated carbocycles. The highest BCUT2D eigenvalue weighted by atomic mass is 32.2. The molecule has 0 aliphatic heterocycles. The van der Waals surface area contributed by atoms with Crippen LogP contribution in [0.4, 0.5) is 0 Å². The minimum absolute atomic E-state index is 0.347. The average molecular weight is 348 g/mol. The molecule has 0 atom stereocenters. The highest BCUT2D eigenvalue weighted by Crippen LogP contribution is 2.33. The monoisotopic (exact) mass is 348 g/mol. The van der Waals surface area contributed by atoms with Gasteiger partial charge in [-0.05, 0) is 38.0 Å². The first-order valence-corrected chi connectivity index (χ1v) is 9.51. The van der Waals surface area contributed by atoms with Gasteiger partial charge in [0.1, 0.15) is 0 Å². The molecule has 2 heterocycles. The summed E-state index contributed by atoms with van der Waals surface area (Å²) in [5.74, 6) is -0.359. The second-order valence-corrected chi connectivity index (χ2v) is 5.88. The van der Waals surface area contributed by atoms with Gasteiger partial charge in [-0.2, -0.15) is 5.10 Å². The van der Waals surface area contributed by atoms with Gasteiger partial charge in [-0.25, -0.2) is 14.8 Å². The number of carbonyl (C=O) groups excluding carboxylic acids is 1. The van der Waals surface area contributed by atoms with Gasteiger partial charge >= 0.3 is 5.97 Å². The highest BCUT2D eigenvalue weighted by molar-refractivity contribution is 7.98. The van der Waals surface area contributed by atoms with Crippen LogP contribution in [0.3, 0.4) is 0 Å². The van der Waals surface area contributed by atoms with E-state index in [1.165, 1.54) is 11.8 Å². The van der Waals surface area contributed by atoms with Crippen molar-refractivity contribution in [1.29, 1.82) is 0 Å². The molecule has 7 heteroatoms. The molecule has 0 bridgehead atoms. The summed E-state index contributed by atoms with van der Waals surface area (Å²) in [6.45, 7) is 6.15. The summed E-state index contributed by atoms with van der Waals surface area (Å²) in [5.41, 5.74) is 4.25. The number of rotatable bonds is 3. The van der Waals surface area contributed by atoms with Gasteiger partial charge in [0.15, 0.2) is 10.9 Å². The first kappa shape index (κ1) is 18.4. The van der Waals surface area contributed by atoms with Crippen molar-refractivity contribution in [2.45, 2.75) is 45.2 Å². The highest BCUT2D eigenvalue weighted by Gasteiger charge is 2.27. The van der Waals surface area contributed by atoms with Crippen molar-refractivity contribution in [3.05, 3.63) is 23.0 Å². The van der Waals surface area contributed by atoms with E-state index in [1.807, 2.05) is 33.3 Å². The van der Waals surface area contributed by atoms with Gasteiger partial charge in [0, 0.05) is 18.8 Å². The van der Waals surface area contributed by atoms with Gasteiger partial charge in [0.05, 0.1) is 18.0 Å². The third kappa shape index (κ3) is 3.45. The Bertz CT molecular complexity index is 728. The molecule has 0 N–H and O–H groups in total. The number of hydrogen-bond acceptors (Lipinski definition) is 6. The van der Waals surface area contributed by atoms with E-state index in [1.54, 1.807) is 11.6 Å². The predicted molar refractivity (Wildman–Crippen MR) is 95.3 cm³/mol. The normalized spacial score (nSPS) is 12.4. The van der Waals surface area contributed by atoms with Crippen molar-refractivity contribution in [2.75, 3.05) is 12.9 Å². The molecular formula is C17H24N4O2S. The quantitative estimate of drug-likeness (QED) is 0.481. The van der Waals surface area contributed by atoms with Gasteiger partial charge in [0.2, 0.25) is 0 Å². The number of hydrogen-bond donors (Lipinski definition) is 0.